The molecule has 0 saturated carbocycles. The highest BCUT2D eigenvalue weighted by molar-refractivity contribution is 7.92. The first-order valence-corrected chi connectivity index (χ1v) is 10.1. The van der Waals surface area contributed by atoms with Crippen LogP contribution in [0.15, 0.2) is 71.6 Å². The molecule has 3 aromatic carbocycles. The normalized spacial score (nSPS) is 10.7. The zero-order chi connectivity index (χ0) is 21.7. The van der Waals surface area contributed by atoms with Crippen molar-refractivity contribution in [3.05, 3.63) is 77.9 Å². The number of amides is 1. The molecule has 0 aliphatic rings. The maximum atomic E-state index is 12.8. The highest BCUT2D eigenvalue weighted by Gasteiger charge is 2.19. The summed E-state index contributed by atoms with van der Waals surface area (Å²) in [6.45, 7) is 0. The number of aromatic hydroxyl groups is 1. The Hall–Kier alpha value is -4.03. The predicted molar refractivity (Wildman–Crippen MR) is 111 cm³/mol. The monoisotopic (exact) mass is 423 g/mol. The molecule has 0 atom stereocenters. The molecule has 0 bridgehead atoms. The number of nitrogens with one attached hydrogen (secondary N) is 2. The molecule has 9 heteroatoms. The summed E-state index contributed by atoms with van der Waals surface area (Å²) in [4.78, 5) is 12.2. The van der Waals surface area contributed by atoms with E-state index in [0.717, 1.165) is 6.07 Å². The van der Waals surface area contributed by atoms with Crippen molar-refractivity contribution in [2.24, 2.45) is 0 Å². The van der Waals surface area contributed by atoms with Gasteiger partial charge in [0.1, 0.15) is 11.5 Å². The number of anilines is 2. The third kappa shape index (κ3) is 4.51. The molecule has 3 aromatic rings. The minimum absolute atomic E-state index is 0.0766. The average Bonchev–Trinajstić information content (AvgIpc) is 2.75. The Morgan fingerprint density at radius 2 is 1.73 bits per heavy atom. The van der Waals surface area contributed by atoms with Crippen LogP contribution in [-0.4, -0.2) is 26.5 Å². The number of benzene rings is 3. The summed E-state index contributed by atoms with van der Waals surface area (Å²) in [5, 5.41) is 21.4. The number of nitriles is 1. The van der Waals surface area contributed by atoms with Crippen molar-refractivity contribution in [2.75, 3.05) is 17.1 Å². The molecule has 0 radical (unpaired) electrons. The fourth-order valence-electron chi connectivity index (χ4n) is 2.61. The number of phenolic OH excluding ortho intramolecular Hbond substituents is 1. The second kappa shape index (κ2) is 8.55. The van der Waals surface area contributed by atoms with Crippen LogP contribution in [0, 0.1) is 11.3 Å². The van der Waals surface area contributed by atoms with Crippen LogP contribution >= 0.6 is 0 Å². The number of methoxy groups -OCH3 is 1. The first-order chi connectivity index (χ1) is 14.3. The fraction of sp³-hybridized carbons (Fsp3) is 0.0476. The van der Waals surface area contributed by atoms with Crippen molar-refractivity contribution in [3.63, 3.8) is 0 Å². The van der Waals surface area contributed by atoms with Crippen LogP contribution < -0.4 is 14.8 Å². The molecule has 30 heavy (non-hydrogen) atoms. The molecule has 1 amide bonds. The van der Waals surface area contributed by atoms with Crippen molar-refractivity contribution in [2.45, 2.75) is 4.90 Å². The largest absolute Gasteiger partial charge is 0.506 e. The lowest BCUT2D eigenvalue weighted by atomic mass is 10.1. The van der Waals surface area contributed by atoms with Gasteiger partial charge in [-0.3, -0.25) is 9.52 Å². The summed E-state index contributed by atoms with van der Waals surface area (Å²) in [5.41, 5.74) is 0.808. The van der Waals surface area contributed by atoms with Crippen molar-refractivity contribution >= 4 is 27.3 Å². The smallest absolute Gasteiger partial charge is 0.262 e. The minimum atomic E-state index is -4.02. The lowest BCUT2D eigenvalue weighted by Crippen LogP contribution is -2.15. The van der Waals surface area contributed by atoms with Crippen LogP contribution in [0.25, 0.3) is 0 Å². The van der Waals surface area contributed by atoms with Gasteiger partial charge in [-0.15, -0.1) is 0 Å². The number of ether oxygens (including phenoxy) is 1. The zero-order valence-corrected chi connectivity index (χ0v) is 16.6. The molecule has 0 heterocycles. The number of para-hydroxylation sites is 2. The number of carbonyl (C=O) groups is 1. The highest BCUT2D eigenvalue weighted by atomic mass is 32.2. The number of rotatable bonds is 6. The molecule has 8 nitrogen and oxygen atoms in total. The van der Waals surface area contributed by atoms with Crippen LogP contribution in [0.3, 0.4) is 0 Å². The lowest BCUT2D eigenvalue weighted by molar-refractivity contribution is 0.102. The Labute approximate surface area is 173 Å². The Kier molecular flexibility index (Phi) is 5.90. The van der Waals surface area contributed by atoms with Gasteiger partial charge in [-0.25, -0.2) is 8.42 Å². The molecule has 3 N–H and O–H groups in total. The van der Waals surface area contributed by atoms with E-state index < -0.39 is 15.9 Å². The van der Waals surface area contributed by atoms with Gasteiger partial charge in [0.25, 0.3) is 15.9 Å². The minimum Gasteiger partial charge on any atom is -0.506 e. The molecule has 0 saturated heterocycles. The van der Waals surface area contributed by atoms with E-state index in [1.165, 1.54) is 43.5 Å². The summed E-state index contributed by atoms with van der Waals surface area (Å²) >= 11 is 0. The number of nitrogens with zero attached hydrogens (tertiary/aromatic N) is 1. The SMILES string of the molecule is COc1ccccc1NS(=O)(=O)c1ccc(O)c(NC(=O)c2ccc(C#N)cc2)c1. The fourth-order valence-corrected chi connectivity index (χ4v) is 3.70. The maximum Gasteiger partial charge on any atom is 0.262 e. The van der Waals surface area contributed by atoms with Crippen molar-refractivity contribution in [1.29, 1.82) is 5.26 Å². The molecular formula is C21H17N3O5S. The third-order valence-electron chi connectivity index (χ3n) is 4.15. The van der Waals surface area contributed by atoms with Gasteiger partial charge in [0.2, 0.25) is 0 Å². The van der Waals surface area contributed by atoms with Gasteiger partial charge < -0.3 is 15.2 Å². The summed E-state index contributed by atoms with van der Waals surface area (Å²) in [7, 11) is -2.60. The Bertz CT molecular complexity index is 1230. The Morgan fingerprint density at radius 1 is 1.03 bits per heavy atom. The first kappa shape index (κ1) is 20.7. The third-order valence-corrected chi connectivity index (χ3v) is 5.52. The number of hydrogen-bond acceptors (Lipinski definition) is 6. The van der Waals surface area contributed by atoms with Gasteiger partial charge in [0.05, 0.1) is 35.0 Å². The van der Waals surface area contributed by atoms with Crippen LogP contribution in [0.4, 0.5) is 11.4 Å². The van der Waals surface area contributed by atoms with Crippen LogP contribution in [0.5, 0.6) is 11.5 Å². The number of hydrogen-bond donors (Lipinski definition) is 3. The Balaban J connectivity index is 1.86. The topological polar surface area (TPSA) is 129 Å². The molecule has 152 valence electrons. The second-order valence-corrected chi connectivity index (χ2v) is 7.81. The van der Waals surface area contributed by atoms with Crippen LogP contribution in [-0.2, 0) is 10.0 Å². The zero-order valence-electron chi connectivity index (χ0n) is 15.8. The van der Waals surface area contributed by atoms with Crippen LogP contribution in [0.2, 0.25) is 0 Å². The summed E-state index contributed by atoms with van der Waals surface area (Å²) in [5.74, 6) is -0.524. The van der Waals surface area contributed by atoms with E-state index in [1.807, 2.05) is 6.07 Å². The van der Waals surface area contributed by atoms with E-state index in [9.17, 15) is 18.3 Å². The molecule has 3 rings (SSSR count). The molecular weight excluding hydrogens is 406 g/mol. The first-order valence-electron chi connectivity index (χ1n) is 8.64. The van der Waals surface area contributed by atoms with Gasteiger partial charge in [0, 0.05) is 5.56 Å². The molecule has 0 unspecified atom stereocenters. The van der Waals surface area contributed by atoms with E-state index in [1.54, 1.807) is 24.3 Å². The molecule has 0 spiro atoms. The van der Waals surface area contributed by atoms with Crippen molar-refractivity contribution < 1.29 is 23.1 Å². The molecule has 0 aliphatic carbocycles. The van der Waals surface area contributed by atoms with E-state index in [0.29, 0.717) is 11.3 Å². The van der Waals surface area contributed by atoms with Gasteiger partial charge in [-0.1, -0.05) is 12.1 Å². The quantitative estimate of drug-likeness (QED) is 0.522. The van der Waals surface area contributed by atoms with Gasteiger partial charge in [0.15, 0.2) is 0 Å². The van der Waals surface area contributed by atoms with E-state index in [2.05, 4.69) is 10.0 Å². The molecule has 0 aromatic heterocycles. The van der Waals surface area contributed by atoms with Crippen molar-refractivity contribution in [1.82, 2.24) is 0 Å². The Morgan fingerprint density at radius 3 is 2.40 bits per heavy atom. The maximum absolute atomic E-state index is 12.8. The standard InChI is InChI=1S/C21H17N3O5S/c1-29-20-5-3-2-4-17(20)24-30(27,28)16-10-11-19(25)18(12-16)23-21(26)15-8-6-14(13-22)7-9-15/h2-12,24-25H,1H3,(H,23,26). The summed E-state index contributed by atoms with van der Waals surface area (Å²) in [6.07, 6.45) is 0. The van der Waals surface area contributed by atoms with Crippen LogP contribution in [0.1, 0.15) is 15.9 Å². The summed E-state index contributed by atoms with van der Waals surface area (Å²) in [6, 6.07) is 17.9. The predicted octanol–water partition coefficient (Wildman–Crippen LogP) is 3.33. The number of carbonyl (C=O) groups excluding carboxylic acids is 1. The number of sulfonamides is 1. The van der Waals surface area contributed by atoms with Gasteiger partial charge in [-0.05, 0) is 54.6 Å². The van der Waals surface area contributed by atoms with E-state index in [4.69, 9.17) is 10.00 Å². The summed E-state index contributed by atoms with van der Waals surface area (Å²) < 4.78 is 33.1. The molecule has 0 fully saturated rings. The second-order valence-electron chi connectivity index (χ2n) is 6.13. The average molecular weight is 423 g/mol. The van der Waals surface area contributed by atoms with Gasteiger partial charge in [-0.2, -0.15) is 5.26 Å². The molecule has 0 aliphatic heterocycles. The van der Waals surface area contributed by atoms with E-state index >= 15 is 0 Å². The van der Waals surface area contributed by atoms with Crippen molar-refractivity contribution in [3.8, 4) is 17.6 Å². The lowest BCUT2D eigenvalue weighted by Gasteiger charge is -2.13. The van der Waals surface area contributed by atoms with E-state index in [-0.39, 0.29) is 27.6 Å². The van der Waals surface area contributed by atoms with Gasteiger partial charge >= 0.3 is 0 Å². The number of phenols is 1. The highest BCUT2D eigenvalue weighted by Crippen LogP contribution is 2.30.